The largest absolute Gasteiger partial charge is 0.483 e. The lowest BCUT2D eigenvalue weighted by Gasteiger charge is -2.13. The van der Waals surface area contributed by atoms with Gasteiger partial charge in [0.05, 0.1) is 0 Å². The Morgan fingerprint density at radius 3 is 2.12 bits per heavy atom. The SMILES string of the molecule is Cc1ccc(C(C)C)cc1OCC(=O)Nc1ccc(C(C)C)cc1. The Morgan fingerprint density at radius 1 is 0.958 bits per heavy atom. The monoisotopic (exact) mass is 325 g/mol. The molecule has 0 fully saturated rings. The van der Waals surface area contributed by atoms with Gasteiger partial charge in [-0.15, -0.1) is 0 Å². The van der Waals surface area contributed by atoms with Crippen molar-refractivity contribution in [3.63, 3.8) is 0 Å². The molecule has 2 aromatic carbocycles. The molecule has 1 N–H and O–H groups in total. The average Bonchev–Trinajstić information content (AvgIpc) is 2.54. The van der Waals surface area contributed by atoms with Crippen LogP contribution in [0.25, 0.3) is 0 Å². The van der Waals surface area contributed by atoms with E-state index >= 15 is 0 Å². The van der Waals surface area contributed by atoms with Crippen LogP contribution in [0.1, 0.15) is 56.2 Å². The number of hydrogen-bond donors (Lipinski definition) is 1. The number of benzene rings is 2. The summed E-state index contributed by atoms with van der Waals surface area (Å²) in [5.41, 5.74) is 4.29. The van der Waals surface area contributed by atoms with Crippen LogP contribution in [0.5, 0.6) is 5.75 Å². The highest BCUT2D eigenvalue weighted by molar-refractivity contribution is 5.91. The Morgan fingerprint density at radius 2 is 1.54 bits per heavy atom. The first-order chi connectivity index (χ1) is 11.4. The third-order valence-electron chi connectivity index (χ3n) is 4.10. The Labute approximate surface area is 145 Å². The van der Waals surface area contributed by atoms with Crippen molar-refractivity contribution in [3.8, 4) is 5.75 Å². The Hall–Kier alpha value is -2.29. The number of hydrogen-bond acceptors (Lipinski definition) is 2. The van der Waals surface area contributed by atoms with Crippen LogP contribution in [0.15, 0.2) is 42.5 Å². The smallest absolute Gasteiger partial charge is 0.262 e. The fourth-order valence-electron chi connectivity index (χ4n) is 2.42. The molecule has 0 bridgehead atoms. The second kappa shape index (κ2) is 8.00. The van der Waals surface area contributed by atoms with Gasteiger partial charge in [0.25, 0.3) is 5.91 Å². The molecule has 3 heteroatoms. The highest BCUT2D eigenvalue weighted by Crippen LogP contribution is 2.24. The highest BCUT2D eigenvalue weighted by atomic mass is 16.5. The molecule has 2 rings (SSSR count). The van der Waals surface area contributed by atoms with Crippen LogP contribution in [0, 0.1) is 6.92 Å². The van der Waals surface area contributed by atoms with Gasteiger partial charge in [0.1, 0.15) is 5.75 Å². The van der Waals surface area contributed by atoms with Crippen molar-refractivity contribution in [3.05, 3.63) is 59.2 Å². The number of carbonyl (C=O) groups excluding carboxylic acids is 1. The second-order valence-electron chi connectivity index (χ2n) is 6.79. The Bertz CT molecular complexity index is 687. The van der Waals surface area contributed by atoms with Crippen LogP contribution in [0.4, 0.5) is 5.69 Å². The molecule has 2 aromatic rings. The van der Waals surface area contributed by atoms with Crippen LogP contribution < -0.4 is 10.1 Å². The maximum Gasteiger partial charge on any atom is 0.262 e. The van der Waals surface area contributed by atoms with Gasteiger partial charge in [-0.2, -0.15) is 0 Å². The van der Waals surface area contributed by atoms with Crippen LogP contribution in [-0.2, 0) is 4.79 Å². The number of carbonyl (C=O) groups is 1. The van der Waals surface area contributed by atoms with E-state index in [1.807, 2.05) is 43.3 Å². The minimum atomic E-state index is -0.151. The second-order valence-corrected chi connectivity index (χ2v) is 6.79. The van der Waals surface area contributed by atoms with Crippen molar-refractivity contribution in [2.75, 3.05) is 11.9 Å². The molecule has 0 heterocycles. The van der Waals surface area contributed by atoms with Gasteiger partial charge in [-0.25, -0.2) is 0 Å². The summed E-state index contributed by atoms with van der Waals surface area (Å²) in [6.07, 6.45) is 0. The van der Waals surface area contributed by atoms with Crippen molar-refractivity contribution in [1.82, 2.24) is 0 Å². The summed E-state index contributed by atoms with van der Waals surface area (Å²) in [6, 6.07) is 14.1. The van der Waals surface area contributed by atoms with Crippen molar-refractivity contribution < 1.29 is 9.53 Å². The average molecular weight is 325 g/mol. The molecule has 0 aromatic heterocycles. The van der Waals surface area contributed by atoms with E-state index in [4.69, 9.17) is 4.74 Å². The van der Waals surface area contributed by atoms with Gasteiger partial charge in [-0.1, -0.05) is 52.0 Å². The zero-order valence-corrected chi connectivity index (χ0v) is 15.2. The van der Waals surface area contributed by atoms with E-state index in [-0.39, 0.29) is 12.5 Å². The molecule has 0 saturated heterocycles. The molecule has 0 aliphatic heterocycles. The van der Waals surface area contributed by atoms with Crippen molar-refractivity contribution in [2.45, 2.75) is 46.5 Å². The zero-order chi connectivity index (χ0) is 17.7. The summed E-state index contributed by atoms with van der Waals surface area (Å²) in [7, 11) is 0. The first-order valence-corrected chi connectivity index (χ1v) is 8.50. The van der Waals surface area contributed by atoms with Gasteiger partial charge >= 0.3 is 0 Å². The molecule has 0 atom stereocenters. The number of aryl methyl sites for hydroxylation is 1. The van der Waals surface area contributed by atoms with E-state index in [0.29, 0.717) is 11.8 Å². The lowest BCUT2D eigenvalue weighted by Crippen LogP contribution is -2.20. The van der Waals surface area contributed by atoms with Crippen LogP contribution in [0.3, 0.4) is 0 Å². The number of rotatable bonds is 6. The standard InChI is InChI=1S/C21H27NO2/c1-14(2)17-8-10-19(11-9-17)22-21(23)13-24-20-12-18(15(3)4)7-6-16(20)5/h6-12,14-15H,13H2,1-5H3,(H,22,23). The number of ether oxygens (including phenoxy) is 1. The number of nitrogens with one attached hydrogen (secondary N) is 1. The molecule has 3 nitrogen and oxygen atoms in total. The van der Waals surface area contributed by atoms with Crippen LogP contribution in [0.2, 0.25) is 0 Å². The van der Waals surface area contributed by atoms with Gasteiger partial charge in [0.15, 0.2) is 6.61 Å². The van der Waals surface area contributed by atoms with Gasteiger partial charge in [-0.3, -0.25) is 4.79 Å². The maximum absolute atomic E-state index is 12.1. The molecule has 0 aliphatic rings. The van der Waals surface area contributed by atoms with E-state index < -0.39 is 0 Å². The molecule has 0 unspecified atom stereocenters. The van der Waals surface area contributed by atoms with Crippen LogP contribution in [-0.4, -0.2) is 12.5 Å². The molecule has 0 spiro atoms. The molecule has 24 heavy (non-hydrogen) atoms. The molecular weight excluding hydrogens is 298 g/mol. The topological polar surface area (TPSA) is 38.3 Å². The number of anilines is 1. The van der Waals surface area contributed by atoms with Gasteiger partial charge in [0.2, 0.25) is 0 Å². The van der Waals surface area contributed by atoms with E-state index in [9.17, 15) is 4.79 Å². The molecule has 0 aliphatic carbocycles. The molecule has 0 saturated carbocycles. The fourth-order valence-corrected chi connectivity index (χ4v) is 2.42. The lowest BCUT2D eigenvalue weighted by atomic mass is 10.0. The predicted molar refractivity (Wildman–Crippen MR) is 99.9 cm³/mol. The van der Waals surface area contributed by atoms with E-state index in [1.54, 1.807) is 0 Å². The lowest BCUT2D eigenvalue weighted by molar-refractivity contribution is -0.118. The van der Waals surface area contributed by atoms with Crippen molar-refractivity contribution >= 4 is 11.6 Å². The molecule has 128 valence electrons. The van der Waals surface area contributed by atoms with Gasteiger partial charge in [0, 0.05) is 5.69 Å². The normalized spacial score (nSPS) is 11.0. The maximum atomic E-state index is 12.1. The summed E-state index contributed by atoms with van der Waals surface area (Å²) in [5.74, 6) is 1.53. The summed E-state index contributed by atoms with van der Waals surface area (Å²) in [4.78, 5) is 12.1. The summed E-state index contributed by atoms with van der Waals surface area (Å²) in [5, 5.41) is 2.87. The van der Waals surface area contributed by atoms with E-state index in [0.717, 1.165) is 17.0 Å². The number of amides is 1. The molecular formula is C21H27NO2. The van der Waals surface area contributed by atoms with E-state index in [2.05, 4.69) is 39.1 Å². The zero-order valence-electron chi connectivity index (χ0n) is 15.2. The third kappa shape index (κ3) is 4.85. The Balaban J connectivity index is 1.94. The first-order valence-electron chi connectivity index (χ1n) is 8.50. The minimum absolute atomic E-state index is 0.00825. The summed E-state index contributed by atoms with van der Waals surface area (Å²) >= 11 is 0. The summed E-state index contributed by atoms with van der Waals surface area (Å²) < 4.78 is 5.71. The van der Waals surface area contributed by atoms with Gasteiger partial charge in [-0.05, 0) is 53.6 Å². The quantitative estimate of drug-likeness (QED) is 0.787. The third-order valence-corrected chi connectivity index (χ3v) is 4.10. The first kappa shape index (κ1) is 18.1. The van der Waals surface area contributed by atoms with Crippen molar-refractivity contribution in [2.24, 2.45) is 0 Å². The van der Waals surface area contributed by atoms with Crippen molar-refractivity contribution in [1.29, 1.82) is 0 Å². The van der Waals surface area contributed by atoms with E-state index in [1.165, 1.54) is 11.1 Å². The van der Waals surface area contributed by atoms with Crippen LogP contribution >= 0.6 is 0 Å². The predicted octanol–water partition coefficient (Wildman–Crippen LogP) is 5.26. The minimum Gasteiger partial charge on any atom is -0.483 e. The Kier molecular flexibility index (Phi) is 6.02. The van der Waals surface area contributed by atoms with Gasteiger partial charge < -0.3 is 10.1 Å². The fraction of sp³-hybridized carbons (Fsp3) is 0.381. The summed E-state index contributed by atoms with van der Waals surface area (Å²) in [6.45, 7) is 10.6. The molecule has 0 radical (unpaired) electrons. The molecule has 1 amide bonds. The highest BCUT2D eigenvalue weighted by Gasteiger charge is 2.08.